The monoisotopic (exact) mass is 378 g/mol. The molecule has 0 aromatic carbocycles. The summed E-state index contributed by atoms with van der Waals surface area (Å²) in [6.07, 6.45) is 32.0. The summed E-state index contributed by atoms with van der Waals surface area (Å²) in [5.41, 5.74) is 0. The quantitative estimate of drug-likeness (QED) is 0.205. The Morgan fingerprint density at radius 2 is 1.04 bits per heavy atom. The summed E-state index contributed by atoms with van der Waals surface area (Å²) in [5.74, 6) is 0. The molecule has 2 unspecified atom stereocenters. The summed E-state index contributed by atoms with van der Waals surface area (Å²) in [5, 5.41) is 10.3. The van der Waals surface area contributed by atoms with Crippen molar-refractivity contribution in [2.45, 2.75) is 126 Å². The third-order valence-electron chi connectivity index (χ3n) is 6.10. The lowest BCUT2D eigenvalue weighted by Gasteiger charge is -2.15. The topological polar surface area (TPSA) is 20.2 Å². The highest BCUT2D eigenvalue weighted by Gasteiger charge is 2.65. The van der Waals surface area contributed by atoms with E-state index in [0.717, 1.165) is 6.42 Å². The van der Waals surface area contributed by atoms with Gasteiger partial charge in [0, 0.05) is 0 Å². The van der Waals surface area contributed by atoms with E-state index in [1.165, 1.54) is 103 Å². The fourth-order valence-electron chi connectivity index (χ4n) is 4.23. The van der Waals surface area contributed by atoms with Crippen molar-refractivity contribution >= 4 is 11.8 Å². The zero-order valence-electron chi connectivity index (χ0n) is 17.2. The molecular formula is C24H42OS. The van der Waals surface area contributed by atoms with E-state index in [-0.39, 0.29) is 4.75 Å². The van der Waals surface area contributed by atoms with E-state index >= 15 is 0 Å². The zero-order chi connectivity index (χ0) is 18.6. The third-order valence-corrected chi connectivity index (χ3v) is 7.73. The lowest BCUT2D eigenvalue weighted by atomic mass is 9.91. The van der Waals surface area contributed by atoms with Gasteiger partial charge in [0.05, 0.1) is 4.75 Å². The van der Waals surface area contributed by atoms with Gasteiger partial charge >= 0.3 is 0 Å². The average molecular weight is 379 g/mol. The summed E-state index contributed by atoms with van der Waals surface area (Å²) < 4.78 is 0.0255. The normalized spacial score (nSPS) is 26.2. The van der Waals surface area contributed by atoms with Gasteiger partial charge in [0.2, 0.25) is 0 Å². The largest absolute Gasteiger partial charge is 0.374 e. The first-order valence-corrected chi connectivity index (χ1v) is 12.3. The smallest absolute Gasteiger partial charge is 0.148 e. The molecule has 0 amide bonds. The Morgan fingerprint density at radius 1 is 0.615 bits per heavy atom. The number of thioether (sulfide) groups is 1. The van der Waals surface area contributed by atoms with Gasteiger partial charge < -0.3 is 5.11 Å². The maximum Gasteiger partial charge on any atom is 0.148 e. The molecule has 1 nitrogen and oxygen atoms in total. The van der Waals surface area contributed by atoms with E-state index in [0.29, 0.717) is 0 Å². The number of aliphatic hydroxyl groups is 1. The fourth-order valence-corrected chi connectivity index (χ4v) is 5.51. The number of rotatable bonds is 17. The molecule has 1 aliphatic carbocycles. The average Bonchev–Trinajstić information content (AvgIpc) is 3.27. The first kappa shape index (κ1) is 22.1. The van der Waals surface area contributed by atoms with Crippen molar-refractivity contribution < 1.29 is 5.11 Å². The molecule has 1 saturated heterocycles. The van der Waals surface area contributed by atoms with Gasteiger partial charge in [0.1, 0.15) is 4.93 Å². The summed E-state index contributed by atoms with van der Waals surface area (Å²) >= 11 is 1.72. The maximum absolute atomic E-state index is 10.3. The Bertz CT molecular complexity index is 430. The SMILES string of the molecule is CCCCCCCCCCCCCCCCCCC12C=CC=CC1(O)S2. The molecule has 0 spiro atoms. The van der Waals surface area contributed by atoms with Crippen molar-refractivity contribution in [3.8, 4) is 0 Å². The van der Waals surface area contributed by atoms with Crippen molar-refractivity contribution in [1.29, 1.82) is 0 Å². The van der Waals surface area contributed by atoms with Crippen LogP contribution in [0.15, 0.2) is 24.3 Å². The van der Waals surface area contributed by atoms with Crippen LogP contribution >= 0.6 is 11.8 Å². The Balaban J connectivity index is 1.28. The van der Waals surface area contributed by atoms with Crippen molar-refractivity contribution in [2.24, 2.45) is 0 Å². The van der Waals surface area contributed by atoms with Crippen LogP contribution in [0.3, 0.4) is 0 Å². The highest BCUT2D eigenvalue weighted by Crippen LogP contribution is 2.67. The number of hydrogen-bond donors (Lipinski definition) is 1. The Morgan fingerprint density at radius 3 is 1.50 bits per heavy atom. The van der Waals surface area contributed by atoms with Crippen molar-refractivity contribution in [2.75, 3.05) is 0 Å². The zero-order valence-corrected chi connectivity index (χ0v) is 18.0. The van der Waals surface area contributed by atoms with Crippen LogP contribution in [0, 0.1) is 0 Å². The van der Waals surface area contributed by atoms with Gasteiger partial charge in [0.25, 0.3) is 0 Å². The molecular weight excluding hydrogens is 336 g/mol. The summed E-state index contributed by atoms with van der Waals surface area (Å²) in [6, 6.07) is 0. The minimum atomic E-state index is -0.572. The molecule has 0 aromatic heterocycles. The van der Waals surface area contributed by atoms with E-state index in [1.54, 1.807) is 11.8 Å². The van der Waals surface area contributed by atoms with Gasteiger partial charge in [-0.3, -0.25) is 0 Å². The second kappa shape index (κ2) is 12.3. The number of fused-ring (bicyclic) bond motifs is 1. The molecule has 1 heterocycles. The number of unbranched alkanes of at least 4 members (excludes halogenated alkanes) is 15. The van der Waals surface area contributed by atoms with Gasteiger partial charge in [-0.2, -0.15) is 0 Å². The molecule has 26 heavy (non-hydrogen) atoms. The van der Waals surface area contributed by atoms with Crippen LogP contribution < -0.4 is 0 Å². The number of hydrogen-bond acceptors (Lipinski definition) is 2. The Labute approximate surface area is 167 Å². The summed E-state index contributed by atoms with van der Waals surface area (Å²) in [6.45, 7) is 2.29. The summed E-state index contributed by atoms with van der Waals surface area (Å²) in [4.78, 5) is -0.572. The fraction of sp³-hybridized carbons (Fsp3) is 0.833. The molecule has 0 aromatic rings. The van der Waals surface area contributed by atoms with E-state index in [4.69, 9.17) is 0 Å². The maximum atomic E-state index is 10.3. The van der Waals surface area contributed by atoms with Gasteiger partial charge in [-0.05, 0) is 12.5 Å². The molecule has 2 heteroatoms. The van der Waals surface area contributed by atoms with Crippen LogP contribution in [0.4, 0.5) is 0 Å². The van der Waals surface area contributed by atoms with Crippen LogP contribution in [0.2, 0.25) is 0 Å². The molecule has 1 aliphatic heterocycles. The molecule has 1 N–H and O–H groups in total. The van der Waals surface area contributed by atoms with Crippen LogP contribution in [0.1, 0.15) is 116 Å². The minimum Gasteiger partial charge on any atom is -0.374 e. The lowest BCUT2D eigenvalue weighted by molar-refractivity contribution is 0.193. The highest BCUT2D eigenvalue weighted by atomic mass is 32.2. The summed E-state index contributed by atoms with van der Waals surface area (Å²) in [7, 11) is 0. The van der Waals surface area contributed by atoms with Crippen LogP contribution in [-0.4, -0.2) is 14.8 Å². The lowest BCUT2D eigenvalue weighted by Crippen LogP contribution is -2.23. The van der Waals surface area contributed by atoms with E-state index in [9.17, 15) is 5.11 Å². The molecule has 1 fully saturated rings. The standard InChI is InChI=1S/C24H42OS/c1-2-3-4-5-6-7-8-9-10-11-12-13-14-15-16-17-20-23-21-18-19-22-24(23,25)26-23/h18-19,21-22,25H,2-17,20H2,1H3. The highest BCUT2D eigenvalue weighted by molar-refractivity contribution is 8.09. The predicted octanol–water partition coefficient (Wildman–Crippen LogP) is 7.94. The van der Waals surface area contributed by atoms with Gasteiger partial charge in [-0.15, -0.1) is 11.8 Å². The first-order chi connectivity index (χ1) is 12.7. The van der Waals surface area contributed by atoms with Crippen molar-refractivity contribution in [1.82, 2.24) is 0 Å². The molecule has 0 saturated carbocycles. The molecule has 0 radical (unpaired) electrons. The molecule has 2 aliphatic rings. The molecule has 2 rings (SSSR count). The Hall–Kier alpha value is -0.210. The van der Waals surface area contributed by atoms with Crippen molar-refractivity contribution in [3.05, 3.63) is 24.3 Å². The van der Waals surface area contributed by atoms with Gasteiger partial charge in [0.15, 0.2) is 0 Å². The minimum absolute atomic E-state index is 0.0255. The van der Waals surface area contributed by atoms with E-state index in [1.807, 2.05) is 12.2 Å². The molecule has 0 bridgehead atoms. The van der Waals surface area contributed by atoms with Crippen LogP contribution in [0.5, 0.6) is 0 Å². The molecule has 150 valence electrons. The van der Waals surface area contributed by atoms with Crippen LogP contribution in [0.25, 0.3) is 0 Å². The van der Waals surface area contributed by atoms with Gasteiger partial charge in [-0.25, -0.2) is 0 Å². The van der Waals surface area contributed by atoms with Crippen LogP contribution in [-0.2, 0) is 0 Å². The van der Waals surface area contributed by atoms with Crippen molar-refractivity contribution in [3.63, 3.8) is 0 Å². The predicted molar refractivity (Wildman–Crippen MR) is 118 cm³/mol. The van der Waals surface area contributed by atoms with E-state index < -0.39 is 4.93 Å². The second-order valence-corrected chi connectivity index (χ2v) is 10.0. The Kier molecular flexibility index (Phi) is 10.4. The van der Waals surface area contributed by atoms with E-state index in [2.05, 4.69) is 19.1 Å². The molecule has 2 atom stereocenters. The first-order valence-electron chi connectivity index (χ1n) is 11.5. The third kappa shape index (κ3) is 7.43. The van der Waals surface area contributed by atoms with Gasteiger partial charge in [-0.1, -0.05) is 128 Å². The number of allylic oxidation sites excluding steroid dienone is 2. The second-order valence-electron chi connectivity index (χ2n) is 8.46.